The average molecular weight is 203 g/mol. The van der Waals surface area contributed by atoms with Crippen LogP contribution in [0.15, 0.2) is 24.3 Å². The van der Waals surface area contributed by atoms with Crippen LogP contribution >= 0.6 is 0 Å². The molecule has 2 atom stereocenters. The summed E-state index contributed by atoms with van der Waals surface area (Å²) >= 11 is 0. The van der Waals surface area contributed by atoms with Gasteiger partial charge in [0.1, 0.15) is 5.75 Å². The van der Waals surface area contributed by atoms with E-state index in [4.69, 9.17) is 11.2 Å². The largest absolute Gasteiger partial charge is 0.496 e. The summed E-state index contributed by atoms with van der Waals surface area (Å²) in [4.78, 5) is 0. The first-order valence-corrected chi connectivity index (χ1v) is 5.04. The van der Waals surface area contributed by atoms with E-state index in [1.807, 2.05) is 31.2 Å². The van der Waals surface area contributed by atoms with Gasteiger partial charge in [-0.15, -0.1) is 6.42 Å². The lowest BCUT2D eigenvalue weighted by atomic mass is 10.1. The van der Waals surface area contributed by atoms with E-state index < -0.39 is 0 Å². The van der Waals surface area contributed by atoms with E-state index in [1.54, 1.807) is 7.11 Å². The molecule has 80 valence electrons. The Kier molecular flexibility index (Phi) is 4.20. The van der Waals surface area contributed by atoms with Gasteiger partial charge >= 0.3 is 0 Å². The maximum atomic E-state index is 5.33. The fourth-order valence-corrected chi connectivity index (χ4v) is 1.54. The van der Waals surface area contributed by atoms with Crippen molar-refractivity contribution in [2.75, 3.05) is 7.11 Å². The SMILES string of the molecule is C#CC(C)N[C@H](C)c1ccccc1OC. The van der Waals surface area contributed by atoms with Gasteiger partial charge in [0.15, 0.2) is 0 Å². The molecule has 0 saturated heterocycles. The van der Waals surface area contributed by atoms with E-state index in [-0.39, 0.29) is 12.1 Å². The van der Waals surface area contributed by atoms with E-state index >= 15 is 0 Å². The van der Waals surface area contributed by atoms with Crippen molar-refractivity contribution in [3.05, 3.63) is 29.8 Å². The smallest absolute Gasteiger partial charge is 0.123 e. The molecule has 0 aliphatic carbocycles. The molecule has 0 fully saturated rings. The van der Waals surface area contributed by atoms with Gasteiger partial charge in [-0.25, -0.2) is 0 Å². The summed E-state index contributed by atoms with van der Waals surface area (Å²) in [7, 11) is 1.68. The molecule has 0 heterocycles. The molecule has 1 aromatic carbocycles. The molecule has 0 spiro atoms. The monoisotopic (exact) mass is 203 g/mol. The number of nitrogens with one attached hydrogen (secondary N) is 1. The summed E-state index contributed by atoms with van der Waals surface area (Å²) in [5, 5.41) is 3.30. The van der Waals surface area contributed by atoms with E-state index in [2.05, 4.69) is 18.2 Å². The Bertz CT molecular complexity index is 354. The van der Waals surface area contributed by atoms with Crippen LogP contribution in [-0.2, 0) is 0 Å². The van der Waals surface area contributed by atoms with Crippen molar-refractivity contribution in [3.63, 3.8) is 0 Å². The topological polar surface area (TPSA) is 21.3 Å². The zero-order chi connectivity index (χ0) is 11.3. The lowest BCUT2D eigenvalue weighted by Crippen LogP contribution is -2.27. The normalized spacial score (nSPS) is 14.0. The summed E-state index contributed by atoms with van der Waals surface area (Å²) in [6.45, 7) is 4.04. The maximum absolute atomic E-state index is 5.33. The lowest BCUT2D eigenvalue weighted by Gasteiger charge is -2.18. The second kappa shape index (κ2) is 5.43. The Hall–Kier alpha value is -1.46. The highest BCUT2D eigenvalue weighted by atomic mass is 16.5. The van der Waals surface area contributed by atoms with Crippen LogP contribution in [0, 0.1) is 12.3 Å². The predicted octanol–water partition coefficient (Wildman–Crippen LogP) is 2.37. The van der Waals surface area contributed by atoms with Gasteiger partial charge in [-0.1, -0.05) is 24.1 Å². The standard InChI is InChI=1S/C13H17NO/c1-5-10(2)14-11(3)12-8-6-7-9-13(12)15-4/h1,6-11,14H,2-4H3/t10?,11-/m1/s1. The van der Waals surface area contributed by atoms with Crippen LogP contribution in [0.1, 0.15) is 25.5 Å². The number of para-hydroxylation sites is 1. The van der Waals surface area contributed by atoms with Crippen molar-refractivity contribution < 1.29 is 4.74 Å². The number of terminal acetylenes is 1. The molecule has 2 nitrogen and oxygen atoms in total. The van der Waals surface area contributed by atoms with Crippen LogP contribution in [-0.4, -0.2) is 13.2 Å². The summed E-state index contributed by atoms with van der Waals surface area (Å²) in [6.07, 6.45) is 5.33. The highest BCUT2D eigenvalue weighted by Crippen LogP contribution is 2.24. The predicted molar refractivity (Wildman–Crippen MR) is 62.8 cm³/mol. The van der Waals surface area contributed by atoms with Crippen LogP contribution < -0.4 is 10.1 Å². The van der Waals surface area contributed by atoms with Gasteiger partial charge in [0.2, 0.25) is 0 Å². The van der Waals surface area contributed by atoms with Gasteiger partial charge in [-0.05, 0) is 19.9 Å². The fourth-order valence-electron chi connectivity index (χ4n) is 1.54. The molecule has 0 aliphatic rings. The number of hydrogen-bond acceptors (Lipinski definition) is 2. The van der Waals surface area contributed by atoms with Gasteiger partial charge in [-0.3, -0.25) is 5.32 Å². The van der Waals surface area contributed by atoms with Crippen molar-refractivity contribution >= 4 is 0 Å². The molecular formula is C13H17NO. The van der Waals surface area contributed by atoms with Crippen molar-refractivity contribution in [1.29, 1.82) is 0 Å². The van der Waals surface area contributed by atoms with Crippen LogP contribution in [0.2, 0.25) is 0 Å². The molecule has 0 saturated carbocycles. The molecule has 0 aliphatic heterocycles. The molecule has 1 unspecified atom stereocenters. The number of benzene rings is 1. The highest BCUT2D eigenvalue weighted by molar-refractivity contribution is 5.35. The summed E-state index contributed by atoms with van der Waals surface area (Å²) in [5.41, 5.74) is 1.13. The first-order chi connectivity index (χ1) is 7.19. The van der Waals surface area contributed by atoms with Gasteiger partial charge in [0.25, 0.3) is 0 Å². The third-order valence-corrected chi connectivity index (χ3v) is 2.36. The minimum atomic E-state index is 0.0601. The Morgan fingerprint density at radius 3 is 2.60 bits per heavy atom. The maximum Gasteiger partial charge on any atom is 0.123 e. The third kappa shape index (κ3) is 3.00. The molecule has 0 bridgehead atoms. The van der Waals surface area contributed by atoms with E-state index in [0.29, 0.717) is 0 Å². The first kappa shape index (κ1) is 11.6. The lowest BCUT2D eigenvalue weighted by molar-refractivity contribution is 0.400. The second-order valence-corrected chi connectivity index (χ2v) is 3.52. The molecule has 1 N–H and O–H groups in total. The quantitative estimate of drug-likeness (QED) is 0.758. The van der Waals surface area contributed by atoms with Crippen LogP contribution in [0.25, 0.3) is 0 Å². The summed E-state index contributed by atoms with van der Waals surface area (Å²) < 4.78 is 5.29. The van der Waals surface area contributed by atoms with Gasteiger partial charge in [-0.2, -0.15) is 0 Å². The number of ether oxygens (including phenoxy) is 1. The average Bonchev–Trinajstić information content (AvgIpc) is 2.28. The van der Waals surface area contributed by atoms with Gasteiger partial charge in [0.05, 0.1) is 13.2 Å². The molecule has 0 amide bonds. The highest BCUT2D eigenvalue weighted by Gasteiger charge is 2.11. The Balaban J connectivity index is 2.82. The van der Waals surface area contributed by atoms with Crippen molar-refractivity contribution in [2.24, 2.45) is 0 Å². The minimum absolute atomic E-state index is 0.0601. The third-order valence-electron chi connectivity index (χ3n) is 2.36. The van der Waals surface area contributed by atoms with Gasteiger partial charge < -0.3 is 4.74 Å². The number of rotatable bonds is 4. The Labute approximate surface area is 91.6 Å². The minimum Gasteiger partial charge on any atom is -0.496 e. The van der Waals surface area contributed by atoms with E-state index in [9.17, 15) is 0 Å². The molecule has 2 heteroatoms. The molecule has 1 aromatic rings. The second-order valence-electron chi connectivity index (χ2n) is 3.52. The molecule has 1 rings (SSSR count). The zero-order valence-electron chi connectivity index (χ0n) is 9.45. The van der Waals surface area contributed by atoms with Gasteiger partial charge in [0, 0.05) is 11.6 Å². The molecule has 0 radical (unpaired) electrons. The Morgan fingerprint density at radius 2 is 2.00 bits per heavy atom. The number of methoxy groups -OCH3 is 1. The van der Waals surface area contributed by atoms with Crippen LogP contribution in [0.5, 0.6) is 5.75 Å². The Morgan fingerprint density at radius 1 is 1.33 bits per heavy atom. The summed E-state index contributed by atoms with van der Waals surface area (Å²) in [6, 6.07) is 8.20. The van der Waals surface area contributed by atoms with Crippen molar-refractivity contribution in [3.8, 4) is 18.1 Å². The van der Waals surface area contributed by atoms with Crippen molar-refractivity contribution in [1.82, 2.24) is 5.32 Å². The van der Waals surface area contributed by atoms with Crippen LogP contribution in [0.3, 0.4) is 0 Å². The van der Waals surface area contributed by atoms with Crippen LogP contribution in [0.4, 0.5) is 0 Å². The summed E-state index contributed by atoms with van der Waals surface area (Å²) in [5.74, 6) is 3.54. The first-order valence-electron chi connectivity index (χ1n) is 5.04. The molecule has 0 aromatic heterocycles. The molecular weight excluding hydrogens is 186 g/mol. The van der Waals surface area contributed by atoms with E-state index in [1.165, 1.54) is 0 Å². The zero-order valence-corrected chi connectivity index (χ0v) is 9.45. The van der Waals surface area contributed by atoms with Crippen molar-refractivity contribution in [2.45, 2.75) is 25.9 Å². The fraction of sp³-hybridized carbons (Fsp3) is 0.385. The van der Waals surface area contributed by atoms with E-state index in [0.717, 1.165) is 11.3 Å². The molecule has 15 heavy (non-hydrogen) atoms. The number of hydrogen-bond donors (Lipinski definition) is 1.